The molecule has 2 aromatic carbocycles. The number of ether oxygens (including phenoxy) is 1. The van der Waals surface area contributed by atoms with Gasteiger partial charge in [-0.15, -0.1) is 0 Å². The first-order valence-corrected chi connectivity index (χ1v) is 10.2. The smallest absolute Gasteiger partial charge is 0.267 e. The van der Waals surface area contributed by atoms with Gasteiger partial charge in [0.1, 0.15) is 11.4 Å². The molecular formula is C24H26N2O4. The number of hydrogen-bond acceptors (Lipinski definition) is 5. The van der Waals surface area contributed by atoms with E-state index in [4.69, 9.17) is 9.94 Å². The number of ketones is 1. The Bertz CT molecular complexity index is 976. The highest BCUT2D eigenvalue weighted by molar-refractivity contribution is 6.01. The number of piperidine rings is 1. The average molecular weight is 406 g/mol. The molecule has 0 aliphatic carbocycles. The number of carbonyl (C=O) groups excluding carboxylic acids is 2. The topological polar surface area (TPSA) is 78.9 Å². The fourth-order valence-corrected chi connectivity index (χ4v) is 4.33. The maximum absolute atomic E-state index is 13.0. The number of nitrogens with zero attached hydrogens (tertiary/aromatic N) is 1. The van der Waals surface area contributed by atoms with Gasteiger partial charge in [-0.05, 0) is 41.8 Å². The molecule has 1 saturated heterocycles. The van der Waals surface area contributed by atoms with E-state index in [1.165, 1.54) is 11.6 Å². The Morgan fingerprint density at radius 3 is 2.67 bits per heavy atom. The molecule has 2 aliphatic heterocycles. The van der Waals surface area contributed by atoms with E-state index in [-0.39, 0.29) is 5.78 Å². The second-order valence-corrected chi connectivity index (χ2v) is 8.17. The summed E-state index contributed by atoms with van der Waals surface area (Å²) in [7, 11) is 0. The molecule has 2 heterocycles. The number of hydroxylamine groups is 1. The highest BCUT2D eigenvalue weighted by Gasteiger charge is 2.43. The van der Waals surface area contributed by atoms with E-state index >= 15 is 0 Å². The summed E-state index contributed by atoms with van der Waals surface area (Å²) in [6.45, 7) is 4.62. The Kier molecular flexibility index (Phi) is 5.70. The summed E-state index contributed by atoms with van der Waals surface area (Å²) < 4.78 is 6.47. The van der Waals surface area contributed by atoms with Gasteiger partial charge < -0.3 is 4.74 Å². The number of aryl methyl sites for hydroxylation is 1. The number of nitrogens with one attached hydrogen (secondary N) is 1. The van der Waals surface area contributed by atoms with Crippen molar-refractivity contribution in [2.45, 2.75) is 38.3 Å². The number of amides is 1. The molecule has 0 aromatic heterocycles. The van der Waals surface area contributed by atoms with E-state index in [1.54, 1.807) is 17.6 Å². The zero-order valence-corrected chi connectivity index (χ0v) is 17.1. The van der Waals surface area contributed by atoms with Gasteiger partial charge in [-0.2, -0.15) is 0 Å². The molecule has 4 rings (SSSR count). The lowest BCUT2D eigenvalue weighted by atomic mass is 9.81. The molecule has 2 aliphatic rings. The first-order valence-electron chi connectivity index (χ1n) is 10.2. The third kappa shape index (κ3) is 4.30. The average Bonchev–Trinajstić information content (AvgIpc) is 2.75. The molecular weight excluding hydrogens is 380 g/mol. The van der Waals surface area contributed by atoms with E-state index in [9.17, 15) is 9.59 Å². The van der Waals surface area contributed by atoms with Crippen LogP contribution in [0.5, 0.6) is 5.75 Å². The normalized spacial score (nSPS) is 18.3. The molecule has 0 unspecified atom stereocenters. The van der Waals surface area contributed by atoms with Crippen molar-refractivity contribution < 1.29 is 19.5 Å². The second kappa shape index (κ2) is 8.42. The Hall–Kier alpha value is -2.96. The number of carbonyl (C=O) groups is 2. The molecule has 1 fully saturated rings. The predicted octanol–water partition coefficient (Wildman–Crippen LogP) is 3.51. The quantitative estimate of drug-likeness (QED) is 0.462. The summed E-state index contributed by atoms with van der Waals surface area (Å²) in [5.41, 5.74) is 4.58. The lowest BCUT2D eigenvalue weighted by molar-refractivity contribution is -0.124. The summed E-state index contributed by atoms with van der Waals surface area (Å²) >= 11 is 0. The fourth-order valence-electron chi connectivity index (χ4n) is 4.33. The van der Waals surface area contributed by atoms with Crippen molar-refractivity contribution in [1.82, 2.24) is 10.4 Å². The summed E-state index contributed by atoms with van der Waals surface area (Å²) in [4.78, 5) is 26.6. The highest BCUT2D eigenvalue weighted by Crippen LogP contribution is 2.41. The van der Waals surface area contributed by atoms with Crippen LogP contribution in [0.15, 0.2) is 48.5 Å². The first kappa shape index (κ1) is 20.3. The fraction of sp³-hybridized carbons (Fsp3) is 0.333. The zero-order chi connectivity index (χ0) is 21.1. The standard InChI is InChI=1S/C24H26N2O4/c1-17-13-19(7-8-22(28)25-29)14-20-21(27)15-24(30-23(17)20)9-11-26(12-10-24)16-18-5-3-2-4-6-18/h2-8,13-14,29H,9-12,15-16H2,1H3,(H,25,28)/b8-7+. The number of fused-ring (bicyclic) bond motifs is 1. The van der Waals surface area contributed by atoms with Crippen molar-refractivity contribution in [2.75, 3.05) is 13.1 Å². The van der Waals surface area contributed by atoms with Crippen LogP contribution in [0.25, 0.3) is 6.08 Å². The Morgan fingerprint density at radius 1 is 1.23 bits per heavy atom. The van der Waals surface area contributed by atoms with Crippen molar-refractivity contribution >= 4 is 17.8 Å². The molecule has 2 N–H and O–H groups in total. The predicted molar refractivity (Wildman–Crippen MR) is 113 cm³/mol. The first-order chi connectivity index (χ1) is 14.5. The van der Waals surface area contributed by atoms with Crippen LogP contribution in [0.3, 0.4) is 0 Å². The van der Waals surface area contributed by atoms with Gasteiger partial charge in [-0.3, -0.25) is 19.7 Å². The minimum absolute atomic E-state index is 0.0812. The van der Waals surface area contributed by atoms with E-state index < -0.39 is 11.5 Å². The summed E-state index contributed by atoms with van der Waals surface area (Å²) in [6.07, 6.45) is 4.81. The zero-order valence-electron chi connectivity index (χ0n) is 17.1. The van der Waals surface area contributed by atoms with E-state index in [2.05, 4.69) is 29.2 Å². The maximum atomic E-state index is 13.0. The molecule has 0 radical (unpaired) electrons. The number of hydrogen-bond donors (Lipinski definition) is 2. The molecule has 2 aromatic rings. The van der Waals surface area contributed by atoms with Crippen LogP contribution in [0.2, 0.25) is 0 Å². The number of benzene rings is 2. The largest absolute Gasteiger partial charge is 0.486 e. The van der Waals surface area contributed by atoms with Crippen LogP contribution < -0.4 is 10.2 Å². The number of likely N-dealkylation sites (tertiary alicyclic amines) is 1. The van der Waals surface area contributed by atoms with Crippen LogP contribution in [0.1, 0.15) is 46.3 Å². The third-order valence-corrected chi connectivity index (χ3v) is 5.95. The van der Waals surface area contributed by atoms with Gasteiger partial charge in [0.2, 0.25) is 0 Å². The third-order valence-electron chi connectivity index (χ3n) is 5.95. The van der Waals surface area contributed by atoms with Gasteiger partial charge in [-0.25, -0.2) is 5.48 Å². The van der Waals surface area contributed by atoms with Crippen molar-refractivity contribution in [2.24, 2.45) is 0 Å². The molecule has 1 amide bonds. The highest BCUT2D eigenvalue weighted by atomic mass is 16.5. The van der Waals surface area contributed by atoms with E-state index in [0.29, 0.717) is 17.7 Å². The molecule has 0 saturated carbocycles. The van der Waals surface area contributed by atoms with Gasteiger partial charge in [0.05, 0.1) is 12.0 Å². The maximum Gasteiger partial charge on any atom is 0.267 e. The van der Waals surface area contributed by atoms with Crippen molar-refractivity contribution in [3.63, 3.8) is 0 Å². The molecule has 6 nitrogen and oxygen atoms in total. The van der Waals surface area contributed by atoms with Crippen molar-refractivity contribution in [3.05, 3.63) is 70.8 Å². The van der Waals surface area contributed by atoms with Gasteiger partial charge in [-0.1, -0.05) is 30.3 Å². The van der Waals surface area contributed by atoms with Crippen LogP contribution in [0.4, 0.5) is 0 Å². The van der Waals surface area contributed by atoms with Gasteiger partial charge in [0, 0.05) is 38.6 Å². The SMILES string of the molecule is Cc1cc(/C=C/C(=O)NO)cc2c1OC1(CCN(Cc3ccccc3)CC1)CC2=O. The molecule has 6 heteroatoms. The Labute approximate surface area is 176 Å². The Morgan fingerprint density at radius 2 is 1.97 bits per heavy atom. The van der Waals surface area contributed by atoms with E-state index in [0.717, 1.165) is 43.6 Å². The monoisotopic (exact) mass is 406 g/mol. The van der Waals surface area contributed by atoms with Gasteiger partial charge in [0.15, 0.2) is 5.78 Å². The van der Waals surface area contributed by atoms with E-state index in [1.807, 2.05) is 19.1 Å². The van der Waals surface area contributed by atoms with Crippen LogP contribution in [-0.4, -0.2) is 40.5 Å². The van der Waals surface area contributed by atoms with Gasteiger partial charge in [0.25, 0.3) is 5.91 Å². The van der Waals surface area contributed by atoms with Gasteiger partial charge >= 0.3 is 0 Å². The molecule has 0 atom stereocenters. The van der Waals surface area contributed by atoms with Crippen molar-refractivity contribution in [1.29, 1.82) is 0 Å². The molecule has 30 heavy (non-hydrogen) atoms. The van der Waals surface area contributed by atoms with Crippen LogP contribution in [0, 0.1) is 6.92 Å². The Balaban J connectivity index is 1.48. The van der Waals surface area contributed by atoms with Crippen molar-refractivity contribution in [3.8, 4) is 5.75 Å². The van der Waals surface area contributed by atoms with Crippen LogP contribution in [-0.2, 0) is 11.3 Å². The minimum atomic E-state index is -0.617. The number of Topliss-reactive ketones (excluding diaryl/α,β-unsaturated/α-hetero) is 1. The lowest BCUT2D eigenvalue weighted by Gasteiger charge is -2.44. The minimum Gasteiger partial charge on any atom is -0.486 e. The summed E-state index contributed by atoms with van der Waals surface area (Å²) in [6, 6.07) is 14.1. The summed E-state index contributed by atoms with van der Waals surface area (Å²) in [5.74, 6) is 0.124. The molecule has 1 spiro atoms. The summed E-state index contributed by atoms with van der Waals surface area (Å²) in [5, 5.41) is 8.62. The molecule has 156 valence electrons. The number of rotatable bonds is 4. The second-order valence-electron chi connectivity index (χ2n) is 8.17. The van der Waals surface area contributed by atoms with Crippen LogP contribution >= 0.6 is 0 Å². The lowest BCUT2D eigenvalue weighted by Crippen LogP contribution is -2.50. The molecule has 0 bridgehead atoms.